The Morgan fingerprint density at radius 2 is 0.761 bits per heavy atom. The van der Waals surface area contributed by atoms with Gasteiger partial charge in [0.25, 0.3) is 0 Å². The van der Waals surface area contributed by atoms with Crippen molar-refractivity contribution in [1.82, 2.24) is 19.6 Å². The summed E-state index contributed by atoms with van der Waals surface area (Å²) in [6.07, 6.45) is 11.6. The first-order valence-electron chi connectivity index (χ1n) is 18.2. The van der Waals surface area contributed by atoms with Crippen LogP contribution in [0.15, 0.2) is 0 Å². The van der Waals surface area contributed by atoms with Gasteiger partial charge in [-0.1, -0.05) is 0 Å². The molecule has 0 aromatic rings. The molecule has 0 aromatic heterocycles. The molecule has 0 spiro atoms. The molecule has 3 saturated carbocycles. The second-order valence-corrected chi connectivity index (χ2v) is 14.4. The van der Waals surface area contributed by atoms with Crippen LogP contribution in [0.25, 0.3) is 0 Å². The summed E-state index contributed by atoms with van der Waals surface area (Å²) >= 11 is 0. The number of hydrogen-bond donors (Lipinski definition) is 2. The highest BCUT2D eigenvalue weighted by Gasteiger charge is 2.34. The lowest BCUT2D eigenvalue weighted by Crippen LogP contribution is -2.53. The van der Waals surface area contributed by atoms with E-state index in [1.807, 2.05) is 9.80 Å². The van der Waals surface area contributed by atoms with E-state index < -0.39 is 0 Å². The number of carbonyl (C=O) groups is 4. The highest BCUT2D eigenvalue weighted by Crippen LogP contribution is 2.31. The summed E-state index contributed by atoms with van der Waals surface area (Å²) in [5.41, 5.74) is 11.6. The third kappa shape index (κ3) is 9.27. The van der Waals surface area contributed by atoms with Gasteiger partial charge in [0.05, 0.1) is 0 Å². The fourth-order valence-corrected chi connectivity index (χ4v) is 8.13. The quantitative estimate of drug-likeness (QED) is 0.447. The minimum Gasteiger partial charge on any atom is -0.446 e. The van der Waals surface area contributed by atoms with Crippen LogP contribution in [-0.2, 0) is 19.1 Å². The first kappa shape index (κ1) is 34.7. The van der Waals surface area contributed by atoms with Crippen molar-refractivity contribution in [2.75, 3.05) is 65.4 Å². The number of hydrogen-bond acceptors (Lipinski definition) is 8. The second-order valence-electron chi connectivity index (χ2n) is 14.4. The van der Waals surface area contributed by atoms with Crippen LogP contribution in [0.1, 0.15) is 89.9 Å². The Bertz CT molecular complexity index is 926. The molecular formula is C34H58N6O6. The highest BCUT2D eigenvalue weighted by molar-refractivity contribution is 5.80. The molecule has 2 aliphatic heterocycles. The number of carbonyl (C=O) groups excluding carboxylic acids is 4. The molecule has 0 radical (unpaired) electrons. The molecule has 0 bridgehead atoms. The molecule has 5 fully saturated rings. The van der Waals surface area contributed by atoms with Crippen molar-refractivity contribution >= 4 is 24.0 Å². The zero-order valence-electron chi connectivity index (χ0n) is 27.8. The van der Waals surface area contributed by atoms with E-state index in [4.69, 9.17) is 20.9 Å². The van der Waals surface area contributed by atoms with E-state index in [0.717, 1.165) is 89.9 Å². The lowest BCUT2D eigenvalue weighted by atomic mass is 9.81. The van der Waals surface area contributed by atoms with Gasteiger partial charge in [0.15, 0.2) is 0 Å². The van der Waals surface area contributed by atoms with Gasteiger partial charge in [-0.2, -0.15) is 0 Å². The predicted molar refractivity (Wildman–Crippen MR) is 174 cm³/mol. The van der Waals surface area contributed by atoms with E-state index in [2.05, 4.69) is 0 Å². The topological polar surface area (TPSA) is 152 Å². The van der Waals surface area contributed by atoms with E-state index in [9.17, 15) is 19.2 Å². The fraction of sp³-hybridized carbons (Fsp3) is 0.882. The molecular weight excluding hydrogens is 588 g/mol. The van der Waals surface area contributed by atoms with Gasteiger partial charge < -0.3 is 40.5 Å². The van der Waals surface area contributed by atoms with Crippen molar-refractivity contribution in [3.05, 3.63) is 0 Å². The third-order valence-corrected chi connectivity index (χ3v) is 11.4. The number of nitrogens with zero attached hydrogens (tertiary/aromatic N) is 4. The Hall–Kier alpha value is -2.60. The first-order valence-corrected chi connectivity index (χ1v) is 18.2. The maximum Gasteiger partial charge on any atom is 0.410 e. The summed E-state index contributed by atoms with van der Waals surface area (Å²) in [7, 11) is 0. The van der Waals surface area contributed by atoms with Crippen molar-refractivity contribution < 1.29 is 28.7 Å². The van der Waals surface area contributed by atoms with Gasteiger partial charge in [0.1, 0.15) is 12.2 Å². The Morgan fingerprint density at radius 1 is 0.457 bits per heavy atom. The fourth-order valence-electron chi connectivity index (χ4n) is 8.13. The number of piperazine rings is 2. The minimum absolute atomic E-state index is 0.0944. The Kier molecular flexibility index (Phi) is 12.8. The number of amides is 4. The molecule has 0 aromatic carbocycles. The molecule has 4 amide bonds. The van der Waals surface area contributed by atoms with E-state index >= 15 is 0 Å². The Morgan fingerprint density at radius 3 is 1.07 bits per heavy atom. The average Bonchev–Trinajstić information content (AvgIpc) is 3.09. The van der Waals surface area contributed by atoms with E-state index in [1.165, 1.54) is 0 Å². The van der Waals surface area contributed by atoms with Gasteiger partial charge in [-0.3, -0.25) is 9.59 Å². The molecule has 2 heterocycles. The van der Waals surface area contributed by atoms with Gasteiger partial charge in [-0.05, 0) is 115 Å². The molecule has 0 atom stereocenters. The van der Waals surface area contributed by atoms with Gasteiger partial charge in [-0.15, -0.1) is 0 Å². The van der Waals surface area contributed by atoms with Crippen LogP contribution in [0.2, 0.25) is 0 Å². The molecule has 3 aliphatic carbocycles. The third-order valence-electron chi connectivity index (χ3n) is 11.4. The molecule has 4 N–H and O–H groups in total. The summed E-state index contributed by atoms with van der Waals surface area (Å²) in [6.45, 7) is 5.67. The van der Waals surface area contributed by atoms with Crippen molar-refractivity contribution in [2.45, 2.75) is 102 Å². The molecule has 0 unspecified atom stereocenters. The average molecular weight is 647 g/mol. The first-order chi connectivity index (χ1) is 22.3. The molecule has 5 rings (SSSR count). The standard InChI is InChI=1S/C34H58N6O6/c35-23-25-7-11-27(12-8-25)31(41)37-15-19-39(20-16-37)33(43)45-29-3-1-4-30(6-2-5-29)46-34(44)40-21-17-38(18-22-40)32(42)28-13-9-26(24-36)10-14-28/h25-30H,1-24,35-36H2/t25-,26-,27-,28-,29-,30+. The Balaban J connectivity index is 0.954. The molecule has 2 saturated heterocycles. The summed E-state index contributed by atoms with van der Waals surface area (Å²) < 4.78 is 11.8. The van der Waals surface area contributed by atoms with Gasteiger partial charge in [-0.25, -0.2) is 9.59 Å². The van der Waals surface area contributed by atoms with E-state index in [1.54, 1.807) is 9.80 Å². The predicted octanol–water partition coefficient (Wildman–Crippen LogP) is 3.17. The molecule has 46 heavy (non-hydrogen) atoms. The van der Waals surface area contributed by atoms with Crippen LogP contribution < -0.4 is 11.5 Å². The summed E-state index contributed by atoms with van der Waals surface area (Å²) in [5, 5.41) is 0. The van der Waals surface area contributed by atoms with E-state index in [-0.39, 0.29) is 48.0 Å². The van der Waals surface area contributed by atoms with Crippen LogP contribution in [0, 0.1) is 23.7 Å². The van der Waals surface area contributed by atoms with Gasteiger partial charge in [0.2, 0.25) is 11.8 Å². The summed E-state index contributed by atoms with van der Waals surface area (Å²) in [6, 6.07) is 0. The number of rotatable bonds is 6. The number of nitrogens with two attached hydrogens (primary N) is 2. The maximum atomic E-state index is 13.0. The van der Waals surface area contributed by atoms with Crippen molar-refractivity contribution in [2.24, 2.45) is 35.1 Å². The van der Waals surface area contributed by atoms with Gasteiger partial charge >= 0.3 is 12.2 Å². The summed E-state index contributed by atoms with van der Waals surface area (Å²) in [4.78, 5) is 59.3. The lowest BCUT2D eigenvalue weighted by molar-refractivity contribution is -0.139. The smallest absolute Gasteiger partial charge is 0.410 e. The molecule has 260 valence electrons. The summed E-state index contributed by atoms with van der Waals surface area (Å²) in [5.74, 6) is 1.74. The van der Waals surface area contributed by atoms with Crippen LogP contribution in [0.5, 0.6) is 0 Å². The normalized spacial score (nSPS) is 31.4. The zero-order chi connectivity index (χ0) is 32.5. The van der Waals surface area contributed by atoms with Crippen LogP contribution in [0.3, 0.4) is 0 Å². The van der Waals surface area contributed by atoms with Crippen LogP contribution >= 0.6 is 0 Å². The van der Waals surface area contributed by atoms with Crippen LogP contribution in [-0.4, -0.2) is 121 Å². The lowest BCUT2D eigenvalue weighted by Gasteiger charge is -2.38. The van der Waals surface area contributed by atoms with Crippen molar-refractivity contribution in [3.8, 4) is 0 Å². The minimum atomic E-state index is -0.287. The van der Waals surface area contributed by atoms with Crippen molar-refractivity contribution in [3.63, 3.8) is 0 Å². The molecule has 12 nitrogen and oxygen atoms in total. The monoisotopic (exact) mass is 646 g/mol. The number of ether oxygens (including phenoxy) is 2. The highest BCUT2D eigenvalue weighted by atomic mass is 16.6. The SMILES string of the molecule is NC[C@H]1CC[C@H](C(=O)N2CCN(C(=O)O[C@H]3CCC[C@@H](OC(=O)N4CCN(C(=O)[C@H]5CC[C@H](CN)CC5)CC4)CCC3)CC2)CC1. The largest absolute Gasteiger partial charge is 0.446 e. The van der Waals surface area contributed by atoms with Gasteiger partial charge in [0, 0.05) is 64.2 Å². The second kappa shape index (κ2) is 17.0. The molecule has 12 heteroatoms. The maximum absolute atomic E-state index is 13.0. The van der Waals surface area contributed by atoms with Crippen LogP contribution in [0.4, 0.5) is 9.59 Å². The zero-order valence-corrected chi connectivity index (χ0v) is 27.8. The van der Waals surface area contributed by atoms with E-state index in [0.29, 0.717) is 77.3 Å². The molecule has 5 aliphatic rings. The Labute approximate surface area is 274 Å². The van der Waals surface area contributed by atoms with Crippen molar-refractivity contribution in [1.29, 1.82) is 0 Å².